The molecule has 3 atom stereocenters. The molecule has 2 aliphatic rings. The molecule has 4 nitrogen and oxygen atoms in total. The standard InChI is InChI=1S/C24H31NO3/c1-27-22-3-2-4-23(13-22)28-15-17-5-6-19-12-20(8-7-18(19)11-17)21-9-10-24(25,14-21)16-26/h2-4,7-8,12-13,17,21,26H,5-6,9-11,14-16,25H2,1H3/t17?,21-,24+/m1/s1. The van der Waals surface area contributed by atoms with Crippen LogP contribution in [0.15, 0.2) is 42.5 Å². The van der Waals surface area contributed by atoms with Gasteiger partial charge in [0.15, 0.2) is 0 Å². The van der Waals surface area contributed by atoms with Crippen molar-refractivity contribution in [3.63, 3.8) is 0 Å². The summed E-state index contributed by atoms with van der Waals surface area (Å²) in [7, 11) is 1.67. The normalized spacial score (nSPS) is 26.7. The van der Waals surface area contributed by atoms with Gasteiger partial charge in [0.1, 0.15) is 11.5 Å². The van der Waals surface area contributed by atoms with Crippen LogP contribution in [0.3, 0.4) is 0 Å². The minimum atomic E-state index is -0.386. The van der Waals surface area contributed by atoms with Gasteiger partial charge in [-0.2, -0.15) is 0 Å². The van der Waals surface area contributed by atoms with Crippen LogP contribution >= 0.6 is 0 Å². The largest absolute Gasteiger partial charge is 0.497 e. The SMILES string of the molecule is COc1cccc(OCC2CCc3cc([C@@H]4CC[C@@](N)(CO)C4)ccc3C2)c1. The summed E-state index contributed by atoms with van der Waals surface area (Å²) in [5.41, 5.74) is 10.2. The Hall–Kier alpha value is -2.04. The lowest BCUT2D eigenvalue weighted by molar-refractivity contribution is 0.198. The fourth-order valence-electron chi connectivity index (χ4n) is 4.74. The molecule has 4 heteroatoms. The number of hydrogen-bond acceptors (Lipinski definition) is 4. The third-order valence-corrected chi connectivity index (χ3v) is 6.52. The van der Waals surface area contributed by atoms with Crippen LogP contribution in [-0.4, -0.2) is 31.0 Å². The minimum absolute atomic E-state index is 0.0867. The zero-order chi connectivity index (χ0) is 19.6. The summed E-state index contributed by atoms with van der Waals surface area (Å²) in [4.78, 5) is 0. The van der Waals surface area contributed by atoms with Gasteiger partial charge in [-0.25, -0.2) is 0 Å². The molecular weight excluding hydrogens is 350 g/mol. The fourth-order valence-corrected chi connectivity index (χ4v) is 4.74. The Morgan fingerprint density at radius 2 is 1.96 bits per heavy atom. The molecule has 0 radical (unpaired) electrons. The number of fused-ring (bicyclic) bond motifs is 1. The predicted octanol–water partition coefficient (Wildman–Crippen LogP) is 3.84. The van der Waals surface area contributed by atoms with Crippen molar-refractivity contribution < 1.29 is 14.6 Å². The summed E-state index contributed by atoms with van der Waals surface area (Å²) >= 11 is 0. The average molecular weight is 382 g/mol. The number of ether oxygens (including phenoxy) is 2. The highest BCUT2D eigenvalue weighted by molar-refractivity contribution is 5.37. The number of hydrogen-bond donors (Lipinski definition) is 2. The molecule has 150 valence electrons. The molecule has 3 N–H and O–H groups in total. The molecular formula is C24H31NO3. The Bertz CT molecular complexity index is 821. The summed E-state index contributed by atoms with van der Waals surface area (Å²) < 4.78 is 11.3. The second kappa shape index (κ2) is 8.14. The van der Waals surface area contributed by atoms with Crippen molar-refractivity contribution in [1.29, 1.82) is 0 Å². The van der Waals surface area contributed by atoms with Gasteiger partial charge in [-0.05, 0) is 79.2 Å². The molecule has 2 aliphatic carbocycles. The Balaban J connectivity index is 1.37. The van der Waals surface area contributed by atoms with Crippen LogP contribution in [0.2, 0.25) is 0 Å². The molecule has 2 aromatic rings. The van der Waals surface area contributed by atoms with E-state index < -0.39 is 0 Å². The zero-order valence-electron chi connectivity index (χ0n) is 16.7. The van der Waals surface area contributed by atoms with Crippen molar-refractivity contribution in [3.8, 4) is 11.5 Å². The van der Waals surface area contributed by atoms with E-state index in [2.05, 4.69) is 18.2 Å². The van der Waals surface area contributed by atoms with Crippen LogP contribution in [0.5, 0.6) is 11.5 Å². The van der Waals surface area contributed by atoms with E-state index in [4.69, 9.17) is 15.2 Å². The number of methoxy groups -OCH3 is 1. The van der Waals surface area contributed by atoms with Crippen LogP contribution in [0.1, 0.15) is 48.3 Å². The van der Waals surface area contributed by atoms with Crippen molar-refractivity contribution in [2.75, 3.05) is 20.3 Å². The van der Waals surface area contributed by atoms with Gasteiger partial charge in [-0.3, -0.25) is 0 Å². The molecule has 0 bridgehead atoms. The summed E-state index contributed by atoms with van der Waals surface area (Å²) in [6.07, 6.45) is 6.21. The van der Waals surface area contributed by atoms with Crippen molar-refractivity contribution in [1.82, 2.24) is 0 Å². The minimum Gasteiger partial charge on any atom is -0.497 e. The maximum absolute atomic E-state index is 9.53. The van der Waals surface area contributed by atoms with Gasteiger partial charge in [-0.15, -0.1) is 0 Å². The molecule has 0 heterocycles. The van der Waals surface area contributed by atoms with Crippen molar-refractivity contribution in [2.45, 2.75) is 50.0 Å². The third kappa shape index (κ3) is 4.18. The van der Waals surface area contributed by atoms with Crippen LogP contribution in [0, 0.1) is 5.92 Å². The summed E-state index contributed by atoms with van der Waals surface area (Å²) in [5, 5.41) is 9.53. The third-order valence-electron chi connectivity index (χ3n) is 6.52. The first-order valence-corrected chi connectivity index (χ1v) is 10.4. The Morgan fingerprint density at radius 3 is 2.75 bits per heavy atom. The average Bonchev–Trinajstić information content (AvgIpc) is 3.14. The Morgan fingerprint density at radius 1 is 1.11 bits per heavy atom. The zero-order valence-corrected chi connectivity index (χ0v) is 16.7. The molecule has 0 amide bonds. The number of rotatable bonds is 6. The Labute approximate surface area is 167 Å². The summed E-state index contributed by atoms with van der Waals surface area (Å²) in [6, 6.07) is 14.8. The molecule has 2 aromatic carbocycles. The van der Waals surface area contributed by atoms with E-state index >= 15 is 0 Å². The highest BCUT2D eigenvalue weighted by Gasteiger charge is 2.36. The van der Waals surface area contributed by atoms with Crippen LogP contribution < -0.4 is 15.2 Å². The van der Waals surface area contributed by atoms with Crippen LogP contribution in [0.25, 0.3) is 0 Å². The van der Waals surface area contributed by atoms with Gasteiger partial charge >= 0.3 is 0 Å². The first kappa shape index (κ1) is 19.3. The highest BCUT2D eigenvalue weighted by atomic mass is 16.5. The topological polar surface area (TPSA) is 64.7 Å². The van der Waals surface area contributed by atoms with E-state index in [1.165, 1.54) is 16.7 Å². The van der Waals surface area contributed by atoms with Crippen molar-refractivity contribution >= 4 is 0 Å². The maximum Gasteiger partial charge on any atom is 0.122 e. The number of aliphatic hydroxyl groups is 1. The first-order valence-electron chi connectivity index (χ1n) is 10.4. The van der Waals surface area contributed by atoms with Gasteiger partial charge in [0, 0.05) is 11.6 Å². The van der Waals surface area contributed by atoms with E-state index in [1.807, 2.05) is 24.3 Å². The first-order chi connectivity index (χ1) is 13.6. The molecule has 4 rings (SSSR count). The van der Waals surface area contributed by atoms with E-state index in [-0.39, 0.29) is 12.1 Å². The molecule has 1 unspecified atom stereocenters. The van der Waals surface area contributed by atoms with Gasteiger partial charge in [0.25, 0.3) is 0 Å². The van der Waals surface area contributed by atoms with Crippen LogP contribution in [-0.2, 0) is 12.8 Å². The van der Waals surface area contributed by atoms with Gasteiger partial charge in [0.05, 0.1) is 20.3 Å². The van der Waals surface area contributed by atoms with Gasteiger partial charge in [-0.1, -0.05) is 24.3 Å². The molecule has 0 aliphatic heterocycles. The quantitative estimate of drug-likeness (QED) is 0.798. The molecule has 1 saturated carbocycles. The molecule has 0 aromatic heterocycles. The van der Waals surface area contributed by atoms with E-state index in [0.29, 0.717) is 11.8 Å². The summed E-state index contributed by atoms with van der Waals surface area (Å²) in [6.45, 7) is 0.826. The molecule has 0 saturated heterocycles. The fraction of sp³-hybridized carbons (Fsp3) is 0.500. The number of aryl methyl sites for hydroxylation is 1. The second-order valence-corrected chi connectivity index (χ2v) is 8.59. The predicted molar refractivity (Wildman–Crippen MR) is 111 cm³/mol. The smallest absolute Gasteiger partial charge is 0.122 e. The molecule has 28 heavy (non-hydrogen) atoms. The Kier molecular flexibility index (Phi) is 5.61. The van der Waals surface area contributed by atoms with Crippen molar-refractivity contribution in [3.05, 3.63) is 59.2 Å². The van der Waals surface area contributed by atoms with Crippen LogP contribution in [0.4, 0.5) is 0 Å². The van der Waals surface area contributed by atoms with E-state index in [1.54, 1.807) is 7.11 Å². The van der Waals surface area contributed by atoms with Crippen molar-refractivity contribution in [2.24, 2.45) is 11.7 Å². The lowest BCUT2D eigenvalue weighted by atomic mass is 9.82. The lowest BCUT2D eigenvalue weighted by Gasteiger charge is -2.26. The van der Waals surface area contributed by atoms with Gasteiger partial charge < -0.3 is 20.3 Å². The monoisotopic (exact) mass is 381 g/mol. The highest BCUT2D eigenvalue weighted by Crippen LogP contribution is 2.40. The maximum atomic E-state index is 9.53. The molecule has 1 fully saturated rings. The lowest BCUT2D eigenvalue weighted by Crippen LogP contribution is -2.40. The summed E-state index contributed by atoms with van der Waals surface area (Å²) in [5.74, 6) is 2.73. The van der Waals surface area contributed by atoms with Gasteiger partial charge in [0.2, 0.25) is 0 Å². The number of nitrogens with two attached hydrogens (primary N) is 1. The van der Waals surface area contributed by atoms with E-state index in [9.17, 15) is 5.11 Å². The second-order valence-electron chi connectivity index (χ2n) is 8.59. The number of benzene rings is 2. The molecule has 0 spiro atoms. The number of aliphatic hydroxyl groups excluding tert-OH is 1. The van der Waals surface area contributed by atoms with E-state index in [0.717, 1.165) is 56.6 Å².